The Morgan fingerprint density at radius 2 is 2.00 bits per heavy atom. The molecule has 8 nitrogen and oxygen atoms in total. The highest BCUT2D eigenvalue weighted by Gasteiger charge is 2.33. The molecule has 24 heavy (non-hydrogen) atoms. The van der Waals surface area contributed by atoms with E-state index in [2.05, 4.69) is 29.8 Å². The second-order valence-corrected chi connectivity index (χ2v) is 6.12. The first-order chi connectivity index (χ1) is 11.8. The third-order valence-electron chi connectivity index (χ3n) is 4.38. The van der Waals surface area contributed by atoms with Crippen LogP contribution in [0.15, 0.2) is 49.7 Å². The molecule has 1 saturated carbocycles. The van der Waals surface area contributed by atoms with Gasteiger partial charge in [-0.05, 0) is 24.8 Å². The van der Waals surface area contributed by atoms with E-state index in [4.69, 9.17) is 0 Å². The molecule has 0 radical (unpaired) electrons. The molecule has 1 unspecified atom stereocenters. The molecule has 8 heteroatoms. The number of hydrogen-bond donors (Lipinski definition) is 2. The molecule has 4 rings (SSSR count). The van der Waals surface area contributed by atoms with E-state index in [9.17, 15) is 5.11 Å². The van der Waals surface area contributed by atoms with Gasteiger partial charge in [-0.1, -0.05) is 0 Å². The number of hydrogen-bond acceptors (Lipinski definition) is 6. The highest BCUT2D eigenvalue weighted by Crippen LogP contribution is 2.29. The summed E-state index contributed by atoms with van der Waals surface area (Å²) in [6, 6.07) is 1.77. The van der Waals surface area contributed by atoms with E-state index in [-0.39, 0.29) is 6.04 Å². The number of rotatable bonds is 5. The zero-order chi connectivity index (χ0) is 16.4. The highest BCUT2D eigenvalue weighted by molar-refractivity contribution is 5.33. The van der Waals surface area contributed by atoms with Crippen LogP contribution in [0.5, 0.6) is 0 Å². The molecule has 3 aromatic rings. The predicted molar refractivity (Wildman–Crippen MR) is 87.5 cm³/mol. The van der Waals surface area contributed by atoms with Crippen molar-refractivity contribution in [3.63, 3.8) is 0 Å². The number of nitrogens with zero attached hydrogens (tertiary/aromatic N) is 6. The smallest absolute Gasteiger partial charge is 0.224 e. The van der Waals surface area contributed by atoms with Crippen LogP contribution in [0.3, 0.4) is 0 Å². The lowest BCUT2D eigenvalue weighted by Gasteiger charge is -2.16. The van der Waals surface area contributed by atoms with E-state index < -0.39 is 6.10 Å². The number of aromatic nitrogens is 6. The van der Waals surface area contributed by atoms with Gasteiger partial charge in [0.1, 0.15) is 12.1 Å². The molecule has 0 amide bonds. The standard InChI is InChI=1S/C16H19N7O/c24-14-8-12(9-22-5-3-17-10-22)7-13(14)20-16-19-2-1-15(21-16)23-6-4-18-11-23/h1-6,10-14,24H,7-9H2,(H,19,20,21)/t12?,13-,14-/m1/s1. The Labute approximate surface area is 139 Å². The van der Waals surface area contributed by atoms with Crippen LogP contribution >= 0.6 is 0 Å². The van der Waals surface area contributed by atoms with E-state index in [1.54, 1.807) is 24.9 Å². The molecule has 3 atom stereocenters. The molecule has 3 aromatic heterocycles. The van der Waals surface area contributed by atoms with E-state index in [1.807, 2.05) is 29.4 Å². The fourth-order valence-electron chi connectivity index (χ4n) is 3.24. The number of aliphatic hydroxyl groups is 1. The molecule has 1 fully saturated rings. The second kappa shape index (κ2) is 6.40. The maximum absolute atomic E-state index is 10.3. The van der Waals surface area contributed by atoms with Gasteiger partial charge in [0.05, 0.1) is 18.5 Å². The maximum atomic E-state index is 10.3. The van der Waals surface area contributed by atoms with Gasteiger partial charge in [0.25, 0.3) is 0 Å². The van der Waals surface area contributed by atoms with Gasteiger partial charge in [0.15, 0.2) is 0 Å². The zero-order valence-corrected chi connectivity index (χ0v) is 13.1. The van der Waals surface area contributed by atoms with Crippen molar-refractivity contribution in [2.75, 3.05) is 5.32 Å². The molecule has 0 spiro atoms. The molecule has 0 saturated heterocycles. The van der Waals surface area contributed by atoms with E-state index >= 15 is 0 Å². The summed E-state index contributed by atoms with van der Waals surface area (Å²) >= 11 is 0. The summed E-state index contributed by atoms with van der Waals surface area (Å²) in [4.78, 5) is 16.8. The first-order valence-corrected chi connectivity index (χ1v) is 7.99. The summed E-state index contributed by atoms with van der Waals surface area (Å²) < 4.78 is 3.87. The van der Waals surface area contributed by atoms with Crippen molar-refractivity contribution >= 4 is 5.95 Å². The molecule has 2 N–H and O–H groups in total. The third-order valence-corrected chi connectivity index (χ3v) is 4.38. The van der Waals surface area contributed by atoms with Crippen molar-refractivity contribution in [2.45, 2.75) is 31.5 Å². The Balaban J connectivity index is 1.42. The van der Waals surface area contributed by atoms with Crippen LogP contribution in [0, 0.1) is 5.92 Å². The van der Waals surface area contributed by atoms with Crippen LogP contribution in [0.4, 0.5) is 5.95 Å². The molecule has 3 heterocycles. The first kappa shape index (κ1) is 14.8. The van der Waals surface area contributed by atoms with Crippen LogP contribution in [0.1, 0.15) is 12.8 Å². The molecule has 1 aliphatic rings. The van der Waals surface area contributed by atoms with Crippen LogP contribution in [0.2, 0.25) is 0 Å². The minimum absolute atomic E-state index is 0.0449. The van der Waals surface area contributed by atoms with E-state index in [0.29, 0.717) is 11.9 Å². The lowest BCUT2D eigenvalue weighted by atomic mass is 10.1. The van der Waals surface area contributed by atoms with Crippen molar-refractivity contribution in [3.8, 4) is 5.82 Å². The van der Waals surface area contributed by atoms with Gasteiger partial charge >= 0.3 is 0 Å². The lowest BCUT2D eigenvalue weighted by Crippen LogP contribution is -2.29. The normalized spacial score (nSPS) is 23.5. The van der Waals surface area contributed by atoms with Gasteiger partial charge in [0, 0.05) is 37.5 Å². The van der Waals surface area contributed by atoms with Gasteiger partial charge < -0.3 is 15.0 Å². The Morgan fingerprint density at radius 3 is 2.79 bits per heavy atom. The minimum atomic E-state index is -0.404. The highest BCUT2D eigenvalue weighted by atomic mass is 16.3. The molecule has 1 aliphatic carbocycles. The third kappa shape index (κ3) is 3.13. The molecular formula is C16H19N7O. The Kier molecular flexibility index (Phi) is 3.96. The largest absolute Gasteiger partial charge is 0.391 e. The summed E-state index contributed by atoms with van der Waals surface area (Å²) in [7, 11) is 0. The monoisotopic (exact) mass is 325 g/mol. The number of imidazole rings is 2. The van der Waals surface area contributed by atoms with Gasteiger partial charge in [0.2, 0.25) is 5.95 Å². The lowest BCUT2D eigenvalue weighted by molar-refractivity contribution is 0.166. The molecule has 0 aromatic carbocycles. The van der Waals surface area contributed by atoms with Gasteiger partial charge in [-0.15, -0.1) is 0 Å². The van der Waals surface area contributed by atoms with Crippen LogP contribution in [-0.4, -0.2) is 46.3 Å². The topological polar surface area (TPSA) is 93.7 Å². The Hall–Kier alpha value is -2.74. The van der Waals surface area contributed by atoms with E-state index in [0.717, 1.165) is 25.2 Å². The van der Waals surface area contributed by atoms with E-state index in [1.165, 1.54) is 0 Å². The van der Waals surface area contributed by atoms with Crippen molar-refractivity contribution in [3.05, 3.63) is 49.7 Å². The second-order valence-electron chi connectivity index (χ2n) is 6.12. The number of anilines is 1. The average Bonchev–Trinajstić information content (AvgIpc) is 3.32. The summed E-state index contributed by atoms with van der Waals surface area (Å²) in [5.74, 6) is 1.67. The number of nitrogens with one attached hydrogen (secondary N) is 1. The van der Waals surface area contributed by atoms with Crippen molar-refractivity contribution < 1.29 is 5.11 Å². The van der Waals surface area contributed by atoms with Gasteiger partial charge in [-0.25, -0.2) is 15.0 Å². The van der Waals surface area contributed by atoms with Crippen molar-refractivity contribution in [1.82, 2.24) is 29.1 Å². The fourth-order valence-corrected chi connectivity index (χ4v) is 3.24. The summed E-state index contributed by atoms with van der Waals surface area (Å²) in [6.45, 7) is 0.866. The predicted octanol–water partition coefficient (Wildman–Crippen LogP) is 1.11. The average molecular weight is 325 g/mol. The van der Waals surface area contributed by atoms with Gasteiger partial charge in [-0.2, -0.15) is 4.98 Å². The quantitative estimate of drug-likeness (QED) is 0.730. The summed E-state index contributed by atoms with van der Waals surface area (Å²) in [6.07, 6.45) is 13.7. The first-order valence-electron chi connectivity index (χ1n) is 7.99. The Bertz CT molecular complexity index is 772. The number of aliphatic hydroxyl groups excluding tert-OH is 1. The fraction of sp³-hybridized carbons (Fsp3) is 0.375. The molecule has 0 bridgehead atoms. The van der Waals surface area contributed by atoms with Gasteiger partial charge in [-0.3, -0.25) is 4.57 Å². The summed E-state index contributed by atoms with van der Waals surface area (Å²) in [5.41, 5.74) is 0. The molecule has 0 aliphatic heterocycles. The minimum Gasteiger partial charge on any atom is -0.391 e. The molecule has 124 valence electrons. The molecular weight excluding hydrogens is 306 g/mol. The van der Waals surface area contributed by atoms with Crippen LogP contribution in [-0.2, 0) is 6.54 Å². The maximum Gasteiger partial charge on any atom is 0.224 e. The Morgan fingerprint density at radius 1 is 1.12 bits per heavy atom. The zero-order valence-electron chi connectivity index (χ0n) is 13.1. The van der Waals surface area contributed by atoms with Crippen molar-refractivity contribution in [2.24, 2.45) is 5.92 Å². The van der Waals surface area contributed by atoms with Crippen LogP contribution < -0.4 is 5.32 Å². The van der Waals surface area contributed by atoms with Crippen LogP contribution in [0.25, 0.3) is 5.82 Å². The summed E-state index contributed by atoms with van der Waals surface area (Å²) in [5, 5.41) is 13.6. The van der Waals surface area contributed by atoms with Crippen molar-refractivity contribution in [1.29, 1.82) is 0 Å². The SMILES string of the molecule is O[C@@H]1CC(Cn2ccnc2)C[C@H]1Nc1nccc(-n2ccnc2)n1.